The number of furan rings is 2. The first kappa shape index (κ1) is 23.8. The van der Waals surface area contributed by atoms with Crippen molar-refractivity contribution in [1.29, 1.82) is 0 Å². The molecule has 3 aromatic heterocycles. The minimum Gasteiger partial charge on any atom is -0.455 e. The summed E-state index contributed by atoms with van der Waals surface area (Å²) >= 11 is 0. The van der Waals surface area contributed by atoms with Gasteiger partial charge in [0.25, 0.3) is 5.91 Å². The molecular formula is C30H22F3N3O2. The molecule has 3 heterocycles. The van der Waals surface area contributed by atoms with Gasteiger partial charge >= 0.3 is 6.18 Å². The summed E-state index contributed by atoms with van der Waals surface area (Å²) in [5, 5.41) is 6.05. The highest BCUT2D eigenvalue weighted by Crippen LogP contribution is 2.44. The molecule has 0 aliphatic rings. The fourth-order valence-electron chi connectivity index (χ4n) is 5.19. The first-order valence-corrected chi connectivity index (χ1v) is 12.0. The van der Waals surface area contributed by atoms with E-state index in [0.29, 0.717) is 40.0 Å². The average molecular weight is 514 g/mol. The van der Waals surface area contributed by atoms with E-state index in [1.807, 2.05) is 19.9 Å². The molecule has 0 spiro atoms. The Balaban J connectivity index is 1.37. The maximum absolute atomic E-state index is 13.6. The number of carbonyl (C=O) groups is 1. The lowest BCUT2D eigenvalue weighted by Gasteiger charge is -2.13. The number of aromatic nitrogens is 1. The minimum atomic E-state index is -4.47. The summed E-state index contributed by atoms with van der Waals surface area (Å²) in [7, 11) is 0. The van der Waals surface area contributed by atoms with Gasteiger partial charge in [-0.2, -0.15) is 13.2 Å². The van der Waals surface area contributed by atoms with Gasteiger partial charge in [0.1, 0.15) is 17.0 Å². The van der Waals surface area contributed by atoms with Crippen molar-refractivity contribution in [3.8, 4) is 11.1 Å². The molecule has 0 aliphatic heterocycles. The van der Waals surface area contributed by atoms with Crippen LogP contribution in [0.25, 0.3) is 43.8 Å². The molecule has 5 nitrogen and oxygen atoms in total. The number of nitrogens with one attached hydrogen (secondary N) is 1. The summed E-state index contributed by atoms with van der Waals surface area (Å²) in [6.07, 6.45) is -4.47. The van der Waals surface area contributed by atoms with E-state index in [1.165, 1.54) is 12.1 Å². The molecule has 0 radical (unpaired) electrons. The molecule has 1 amide bonds. The van der Waals surface area contributed by atoms with Crippen molar-refractivity contribution < 1.29 is 22.4 Å². The van der Waals surface area contributed by atoms with Crippen molar-refractivity contribution in [3.05, 3.63) is 94.7 Å². The Morgan fingerprint density at radius 1 is 0.921 bits per heavy atom. The van der Waals surface area contributed by atoms with E-state index in [9.17, 15) is 18.0 Å². The van der Waals surface area contributed by atoms with Crippen molar-refractivity contribution in [2.45, 2.75) is 26.6 Å². The van der Waals surface area contributed by atoms with Gasteiger partial charge in [0.2, 0.25) is 0 Å². The molecule has 2 bridgehead atoms. The van der Waals surface area contributed by atoms with E-state index >= 15 is 0 Å². The SMILES string of the molecule is Cc1cc(N)nc(C)c1CNC(=O)c1ccc2c(c1)c1oc2c2ccc(-c3ccccc3C(F)(F)F)cc21. The van der Waals surface area contributed by atoms with Gasteiger partial charge in [-0.1, -0.05) is 24.3 Å². The van der Waals surface area contributed by atoms with Gasteiger partial charge < -0.3 is 15.5 Å². The smallest absolute Gasteiger partial charge is 0.417 e. The zero-order valence-corrected chi connectivity index (χ0v) is 20.5. The average Bonchev–Trinajstić information content (AvgIpc) is 3.44. The van der Waals surface area contributed by atoms with Gasteiger partial charge in [-0.25, -0.2) is 4.98 Å². The Morgan fingerprint density at radius 3 is 2.34 bits per heavy atom. The molecule has 0 saturated carbocycles. The molecule has 0 unspecified atom stereocenters. The minimum absolute atomic E-state index is 0.104. The van der Waals surface area contributed by atoms with Crippen molar-refractivity contribution in [3.63, 3.8) is 0 Å². The number of nitrogen functional groups attached to an aromatic ring is 1. The van der Waals surface area contributed by atoms with Crippen LogP contribution in [0.15, 0.2) is 71.1 Å². The maximum atomic E-state index is 13.6. The van der Waals surface area contributed by atoms with Crippen LogP contribution in [0.3, 0.4) is 0 Å². The third-order valence-electron chi connectivity index (χ3n) is 7.03. The fourth-order valence-corrected chi connectivity index (χ4v) is 5.19. The molecule has 190 valence electrons. The summed E-state index contributed by atoms with van der Waals surface area (Å²) in [5.74, 6) is 0.175. The summed E-state index contributed by atoms with van der Waals surface area (Å²) < 4.78 is 46.9. The molecule has 3 aromatic carbocycles. The first-order valence-electron chi connectivity index (χ1n) is 12.0. The molecule has 3 N–H and O–H groups in total. The second kappa shape index (κ2) is 8.48. The lowest BCUT2D eigenvalue weighted by atomic mass is 9.95. The number of nitrogens with two attached hydrogens (primary N) is 1. The van der Waals surface area contributed by atoms with E-state index in [0.717, 1.165) is 39.0 Å². The Labute approximate surface area is 215 Å². The van der Waals surface area contributed by atoms with Gasteiger partial charge in [-0.05, 0) is 78.6 Å². The number of pyridine rings is 1. The number of rotatable bonds is 4. The number of amides is 1. The van der Waals surface area contributed by atoms with E-state index < -0.39 is 11.7 Å². The predicted octanol–water partition coefficient (Wildman–Crippen LogP) is 7.39. The largest absolute Gasteiger partial charge is 0.455 e. The van der Waals surface area contributed by atoms with Crippen LogP contribution in [0.5, 0.6) is 0 Å². The first-order chi connectivity index (χ1) is 18.1. The number of benzene rings is 4. The van der Waals surface area contributed by atoms with E-state index in [1.54, 1.807) is 42.5 Å². The molecule has 8 heteroatoms. The number of nitrogens with zero attached hydrogens (tertiary/aromatic N) is 1. The number of halogens is 3. The molecular weight excluding hydrogens is 491 g/mol. The van der Waals surface area contributed by atoms with Crippen molar-refractivity contribution in [2.75, 3.05) is 5.73 Å². The Hall–Kier alpha value is -4.59. The van der Waals surface area contributed by atoms with Crippen molar-refractivity contribution in [1.82, 2.24) is 10.3 Å². The molecule has 0 saturated heterocycles. The number of alkyl halides is 3. The highest BCUT2D eigenvalue weighted by molar-refractivity contribution is 6.26. The standard InChI is InChI=1S/C30H22F3N3O2/c1-15-11-26(34)36-16(2)24(15)14-35-29(37)18-8-10-21-23(13-18)28-22-12-17(7-9-20(22)27(21)38-28)19-5-3-4-6-25(19)30(31,32)33/h3-13H,14H2,1-2H3,(H2,34,36)(H,35,37). The van der Waals surface area contributed by atoms with Crippen molar-refractivity contribution in [2.24, 2.45) is 0 Å². The maximum Gasteiger partial charge on any atom is 0.417 e. The zero-order chi connectivity index (χ0) is 26.8. The monoisotopic (exact) mass is 513 g/mol. The molecule has 0 aliphatic carbocycles. The lowest BCUT2D eigenvalue weighted by Crippen LogP contribution is -2.24. The van der Waals surface area contributed by atoms with Gasteiger partial charge in [0, 0.05) is 39.3 Å². The quantitative estimate of drug-likeness (QED) is 0.241. The van der Waals surface area contributed by atoms with E-state index in [4.69, 9.17) is 10.2 Å². The number of hydrogen-bond donors (Lipinski definition) is 2. The fraction of sp³-hybridized carbons (Fsp3) is 0.133. The van der Waals surface area contributed by atoms with Crippen LogP contribution in [0, 0.1) is 13.8 Å². The van der Waals surface area contributed by atoms with E-state index in [2.05, 4.69) is 10.3 Å². The zero-order valence-electron chi connectivity index (χ0n) is 20.5. The number of carbonyl (C=O) groups excluding carboxylic acids is 1. The highest BCUT2D eigenvalue weighted by Gasteiger charge is 2.33. The Morgan fingerprint density at radius 2 is 1.61 bits per heavy atom. The second-order valence-electron chi connectivity index (χ2n) is 9.44. The van der Waals surface area contributed by atoms with E-state index in [-0.39, 0.29) is 11.5 Å². The third-order valence-corrected chi connectivity index (χ3v) is 7.03. The molecule has 38 heavy (non-hydrogen) atoms. The van der Waals surface area contributed by atoms with Crippen LogP contribution in [-0.2, 0) is 12.7 Å². The number of anilines is 1. The third kappa shape index (κ3) is 3.80. The predicted molar refractivity (Wildman–Crippen MR) is 142 cm³/mol. The summed E-state index contributed by atoms with van der Waals surface area (Å²) in [4.78, 5) is 17.3. The van der Waals surface area contributed by atoms with Crippen LogP contribution in [-0.4, -0.2) is 10.9 Å². The van der Waals surface area contributed by atoms with Crippen LogP contribution < -0.4 is 11.1 Å². The molecule has 0 fully saturated rings. The molecule has 0 atom stereocenters. The van der Waals surface area contributed by atoms with Gasteiger partial charge in [0.15, 0.2) is 0 Å². The Kier molecular flexibility index (Phi) is 5.31. The van der Waals surface area contributed by atoms with Crippen LogP contribution >= 0.6 is 0 Å². The van der Waals surface area contributed by atoms with Gasteiger partial charge in [-0.15, -0.1) is 0 Å². The Bertz CT molecular complexity index is 1850. The second-order valence-corrected chi connectivity index (χ2v) is 9.44. The number of hydrogen-bond acceptors (Lipinski definition) is 4. The number of fused-ring (bicyclic) bond motifs is 8. The van der Waals surface area contributed by atoms with Crippen LogP contribution in [0.2, 0.25) is 0 Å². The lowest BCUT2D eigenvalue weighted by molar-refractivity contribution is -0.137. The summed E-state index contributed by atoms with van der Waals surface area (Å²) in [6.45, 7) is 4.07. The molecule has 6 aromatic rings. The van der Waals surface area contributed by atoms with Crippen LogP contribution in [0.4, 0.5) is 19.0 Å². The van der Waals surface area contributed by atoms with Crippen molar-refractivity contribution >= 4 is 44.4 Å². The normalized spacial score (nSPS) is 12.1. The summed E-state index contributed by atoms with van der Waals surface area (Å²) in [6, 6.07) is 17.8. The molecule has 6 rings (SSSR count). The topological polar surface area (TPSA) is 81.1 Å². The number of aryl methyl sites for hydroxylation is 2. The summed E-state index contributed by atoms with van der Waals surface area (Å²) in [5.41, 5.74) is 9.90. The van der Waals surface area contributed by atoms with Gasteiger partial charge in [-0.3, -0.25) is 4.79 Å². The van der Waals surface area contributed by atoms with Gasteiger partial charge in [0.05, 0.1) is 5.56 Å². The highest BCUT2D eigenvalue weighted by atomic mass is 19.4. The van der Waals surface area contributed by atoms with Crippen LogP contribution in [0.1, 0.15) is 32.7 Å².